The number of hydrogen-bond donors (Lipinski definition) is 4. The van der Waals surface area contributed by atoms with Crippen LogP contribution in [0.1, 0.15) is 41.7 Å². The largest absolute Gasteiger partial charge is 0.397 e. The molecular weight excluding hydrogens is 352 g/mol. The number of aryl methyl sites for hydroxylation is 1. The Morgan fingerprint density at radius 2 is 1.86 bits per heavy atom. The van der Waals surface area contributed by atoms with E-state index in [4.69, 9.17) is 5.73 Å². The molecule has 6 nitrogen and oxygen atoms in total. The van der Waals surface area contributed by atoms with Crippen molar-refractivity contribution in [2.45, 2.75) is 32.6 Å². The highest BCUT2D eigenvalue weighted by molar-refractivity contribution is 5.98. The number of nitrogens with one attached hydrogen (secondary N) is 3. The Morgan fingerprint density at radius 1 is 1.04 bits per heavy atom. The van der Waals surface area contributed by atoms with Gasteiger partial charge in [-0.3, -0.25) is 9.59 Å². The third-order valence-corrected chi connectivity index (χ3v) is 4.62. The number of benzene rings is 2. The van der Waals surface area contributed by atoms with Gasteiger partial charge in [0.15, 0.2) is 0 Å². The van der Waals surface area contributed by atoms with Gasteiger partial charge >= 0.3 is 0 Å². The van der Waals surface area contributed by atoms with E-state index in [1.54, 1.807) is 12.1 Å². The van der Waals surface area contributed by atoms with Crippen molar-refractivity contribution in [3.05, 3.63) is 59.8 Å². The minimum atomic E-state index is -0.105. The Bertz CT molecular complexity index is 978. The summed E-state index contributed by atoms with van der Waals surface area (Å²) in [6, 6.07) is 15.1. The molecule has 3 aromatic rings. The van der Waals surface area contributed by atoms with Crippen molar-refractivity contribution in [2.24, 2.45) is 0 Å². The number of carbonyl (C=O) groups excluding carboxylic acids is 2. The van der Waals surface area contributed by atoms with Gasteiger partial charge in [-0.1, -0.05) is 30.7 Å². The van der Waals surface area contributed by atoms with Crippen LogP contribution in [-0.2, 0) is 4.79 Å². The molecule has 0 aliphatic rings. The molecule has 0 atom stereocenters. The maximum Gasteiger partial charge on any atom is 0.267 e. The normalized spacial score (nSPS) is 10.8. The third kappa shape index (κ3) is 5.13. The number of unbranched alkanes of at least 4 members (excludes halogenated alkanes) is 2. The van der Waals surface area contributed by atoms with Gasteiger partial charge < -0.3 is 21.4 Å². The number of aromatic nitrogens is 1. The number of carbonyl (C=O) groups is 2. The molecule has 0 saturated heterocycles. The molecule has 5 N–H and O–H groups in total. The number of hydrogen-bond acceptors (Lipinski definition) is 3. The lowest BCUT2D eigenvalue weighted by Crippen LogP contribution is -2.24. The minimum absolute atomic E-state index is 0.0460. The lowest BCUT2D eigenvalue weighted by molar-refractivity contribution is -0.116. The van der Waals surface area contributed by atoms with Gasteiger partial charge in [-0.15, -0.1) is 0 Å². The average Bonchev–Trinajstić information content (AvgIpc) is 3.09. The van der Waals surface area contributed by atoms with Crippen LogP contribution in [0.2, 0.25) is 0 Å². The molecule has 0 fully saturated rings. The number of para-hydroxylation sites is 2. The molecule has 1 aromatic heterocycles. The molecule has 146 valence electrons. The predicted octanol–water partition coefficient (Wildman–Crippen LogP) is 3.99. The molecule has 0 aliphatic carbocycles. The van der Waals surface area contributed by atoms with Gasteiger partial charge in [0, 0.05) is 23.9 Å². The van der Waals surface area contributed by atoms with Gasteiger partial charge in [-0.05, 0) is 49.6 Å². The molecule has 0 saturated carbocycles. The first-order valence-corrected chi connectivity index (χ1v) is 9.55. The van der Waals surface area contributed by atoms with Crippen LogP contribution in [0, 0.1) is 6.92 Å². The van der Waals surface area contributed by atoms with E-state index in [-0.39, 0.29) is 11.8 Å². The first-order valence-electron chi connectivity index (χ1n) is 9.55. The topological polar surface area (TPSA) is 100 Å². The third-order valence-electron chi connectivity index (χ3n) is 4.62. The highest BCUT2D eigenvalue weighted by atomic mass is 16.2. The van der Waals surface area contributed by atoms with E-state index >= 15 is 0 Å². The van der Waals surface area contributed by atoms with E-state index in [0.717, 1.165) is 35.7 Å². The minimum Gasteiger partial charge on any atom is -0.397 e. The van der Waals surface area contributed by atoms with Crippen molar-refractivity contribution in [1.29, 1.82) is 0 Å². The van der Waals surface area contributed by atoms with Gasteiger partial charge in [-0.2, -0.15) is 0 Å². The summed E-state index contributed by atoms with van der Waals surface area (Å²) in [5.41, 5.74) is 9.71. The smallest absolute Gasteiger partial charge is 0.267 e. The molecule has 1 heterocycles. The second-order valence-electron chi connectivity index (χ2n) is 6.98. The van der Waals surface area contributed by atoms with Crippen LogP contribution >= 0.6 is 0 Å². The van der Waals surface area contributed by atoms with Crippen LogP contribution in [0.5, 0.6) is 0 Å². The first kappa shape index (κ1) is 19.5. The summed E-state index contributed by atoms with van der Waals surface area (Å²) >= 11 is 0. The van der Waals surface area contributed by atoms with Crippen molar-refractivity contribution in [3.8, 4) is 0 Å². The van der Waals surface area contributed by atoms with Crippen LogP contribution in [0.4, 0.5) is 11.4 Å². The molecule has 0 aliphatic heterocycles. The monoisotopic (exact) mass is 378 g/mol. The summed E-state index contributed by atoms with van der Waals surface area (Å²) in [5, 5.41) is 6.77. The fraction of sp³-hybridized carbons (Fsp3) is 0.273. The Labute approximate surface area is 164 Å². The van der Waals surface area contributed by atoms with Crippen LogP contribution in [0.15, 0.2) is 48.5 Å². The zero-order chi connectivity index (χ0) is 19.9. The summed E-state index contributed by atoms with van der Waals surface area (Å²) in [6.45, 7) is 2.61. The Balaban J connectivity index is 1.34. The molecule has 2 aromatic carbocycles. The zero-order valence-electron chi connectivity index (χ0n) is 16.0. The summed E-state index contributed by atoms with van der Waals surface area (Å²) in [6.07, 6.45) is 2.89. The van der Waals surface area contributed by atoms with Crippen molar-refractivity contribution in [2.75, 3.05) is 17.6 Å². The molecular formula is C22H26N4O2. The second-order valence-corrected chi connectivity index (χ2v) is 6.98. The highest BCUT2D eigenvalue weighted by Gasteiger charge is 2.09. The average molecular weight is 378 g/mol. The molecule has 0 spiro atoms. The number of amides is 2. The zero-order valence-corrected chi connectivity index (χ0v) is 16.0. The van der Waals surface area contributed by atoms with Crippen molar-refractivity contribution >= 4 is 34.1 Å². The Morgan fingerprint density at radius 3 is 2.68 bits per heavy atom. The summed E-state index contributed by atoms with van der Waals surface area (Å²) in [7, 11) is 0. The summed E-state index contributed by atoms with van der Waals surface area (Å²) in [4.78, 5) is 27.4. The van der Waals surface area contributed by atoms with E-state index in [9.17, 15) is 9.59 Å². The number of anilines is 2. The Kier molecular flexibility index (Phi) is 6.32. The molecule has 0 bridgehead atoms. The van der Waals surface area contributed by atoms with Gasteiger partial charge in [0.25, 0.3) is 5.91 Å². The summed E-state index contributed by atoms with van der Waals surface area (Å²) in [5.74, 6) is -0.151. The first-order chi connectivity index (χ1) is 13.5. The fourth-order valence-corrected chi connectivity index (χ4v) is 3.07. The van der Waals surface area contributed by atoms with E-state index in [0.29, 0.717) is 30.0 Å². The molecule has 0 unspecified atom stereocenters. The maximum atomic E-state index is 12.3. The van der Waals surface area contributed by atoms with Crippen molar-refractivity contribution in [1.82, 2.24) is 10.3 Å². The van der Waals surface area contributed by atoms with Crippen LogP contribution in [-0.4, -0.2) is 23.3 Å². The number of nitrogens with two attached hydrogens (primary N) is 1. The van der Waals surface area contributed by atoms with E-state index in [2.05, 4.69) is 15.6 Å². The molecule has 28 heavy (non-hydrogen) atoms. The number of H-pyrrole nitrogens is 1. The van der Waals surface area contributed by atoms with Gasteiger partial charge in [-0.25, -0.2) is 0 Å². The van der Waals surface area contributed by atoms with E-state index in [1.165, 1.54) is 0 Å². The number of nitrogen functional groups attached to an aromatic ring is 1. The van der Waals surface area contributed by atoms with E-state index in [1.807, 2.05) is 43.3 Å². The van der Waals surface area contributed by atoms with E-state index < -0.39 is 0 Å². The SMILES string of the molecule is Cc1ccc2cc(C(=O)NCCCCCC(=O)Nc3ccccc3N)[nH]c2c1. The lowest BCUT2D eigenvalue weighted by atomic mass is 10.1. The maximum absolute atomic E-state index is 12.3. The standard InChI is InChI=1S/C22H26N4O2/c1-15-10-11-16-14-20(25-19(16)13-15)22(28)24-12-6-2-3-9-21(27)26-18-8-5-4-7-17(18)23/h4-5,7-8,10-11,13-14,25H,2-3,6,9,12,23H2,1H3,(H,24,28)(H,26,27). The highest BCUT2D eigenvalue weighted by Crippen LogP contribution is 2.18. The number of fused-ring (bicyclic) bond motifs is 1. The van der Waals surface area contributed by atoms with Crippen LogP contribution in [0.25, 0.3) is 10.9 Å². The molecule has 2 amide bonds. The quantitative estimate of drug-likeness (QED) is 0.352. The van der Waals surface area contributed by atoms with Crippen molar-refractivity contribution in [3.63, 3.8) is 0 Å². The predicted molar refractivity (Wildman–Crippen MR) is 113 cm³/mol. The second kappa shape index (κ2) is 9.08. The Hall–Kier alpha value is -3.28. The molecule has 0 radical (unpaired) electrons. The van der Waals surface area contributed by atoms with Crippen LogP contribution < -0.4 is 16.4 Å². The van der Waals surface area contributed by atoms with Crippen LogP contribution in [0.3, 0.4) is 0 Å². The van der Waals surface area contributed by atoms with Crippen molar-refractivity contribution < 1.29 is 9.59 Å². The molecule has 6 heteroatoms. The molecule has 3 rings (SSSR count). The number of aromatic amines is 1. The lowest BCUT2D eigenvalue weighted by Gasteiger charge is -2.08. The van der Waals surface area contributed by atoms with Gasteiger partial charge in [0.1, 0.15) is 5.69 Å². The summed E-state index contributed by atoms with van der Waals surface area (Å²) < 4.78 is 0. The van der Waals surface area contributed by atoms with Gasteiger partial charge in [0.2, 0.25) is 5.91 Å². The fourth-order valence-electron chi connectivity index (χ4n) is 3.07. The number of rotatable bonds is 8. The van der Waals surface area contributed by atoms with Gasteiger partial charge in [0.05, 0.1) is 11.4 Å².